The second-order valence-corrected chi connectivity index (χ2v) is 5.40. The molecule has 1 aliphatic rings. The molecule has 1 N–H and O–H groups in total. The van der Waals surface area contributed by atoms with Crippen LogP contribution in [-0.4, -0.2) is 31.6 Å². The van der Waals surface area contributed by atoms with E-state index >= 15 is 0 Å². The molecule has 1 aliphatic carbocycles. The molecular weight excluding hydrogens is 262 g/mol. The van der Waals surface area contributed by atoms with Gasteiger partial charge in [0.15, 0.2) is 11.0 Å². The molecule has 5 nitrogen and oxygen atoms in total. The van der Waals surface area contributed by atoms with Crippen LogP contribution in [0, 0.1) is 0 Å². The third-order valence-corrected chi connectivity index (χ3v) is 3.86. The lowest BCUT2D eigenvalue weighted by atomic mass is 10.2. The summed E-state index contributed by atoms with van der Waals surface area (Å²) in [5, 5.41) is 17.8. The van der Waals surface area contributed by atoms with Gasteiger partial charge in [-0.05, 0) is 12.8 Å². The van der Waals surface area contributed by atoms with Crippen molar-refractivity contribution in [2.45, 2.75) is 24.0 Å². The lowest BCUT2D eigenvalue weighted by Gasteiger charge is -2.07. The maximum Gasteiger partial charge on any atom is 0.313 e. The lowest BCUT2D eigenvalue weighted by molar-refractivity contribution is -0.133. The summed E-state index contributed by atoms with van der Waals surface area (Å²) >= 11 is 1.23. The van der Waals surface area contributed by atoms with Gasteiger partial charge in [-0.25, -0.2) is 0 Å². The molecule has 0 amide bonds. The Morgan fingerprint density at radius 1 is 1.32 bits per heavy atom. The largest absolute Gasteiger partial charge is 0.481 e. The Morgan fingerprint density at radius 3 is 2.68 bits per heavy atom. The maximum absolute atomic E-state index is 10.7. The molecule has 0 spiro atoms. The monoisotopic (exact) mass is 275 g/mol. The van der Waals surface area contributed by atoms with E-state index in [0.717, 1.165) is 24.2 Å². The van der Waals surface area contributed by atoms with Gasteiger partial charge in [-0.15, -0.1) is 10.2 Å². The highest BCUT2D eigenvalue weighted by Gasteiger charge is 2.30. The van der Waals surface area contributed by atoms with Crippen molar-refractivity contribution >= 4 is 17.7 Å². The van der Waals surface area contributed by atoms with Gasteiger partial charge in [0.1, 0.15) is 0 Å². The Kier molecular flexibility index (Phi) is 3.25. The van der Waals surface area contributed by atoms with E-state index in [4.69, 9.17) is 5.11 Å². The van der Waals surface area contributed by atoms with Gasteiger partial charge >= 0.3 is 5.97 Å². The normalized spacial score (nSPS) is 14.5. The first kappa shape index (κ1) is 12.2. The van der Waals surface area contributed by atoms with Gasteiger partial charge in [0.05, 0.1) is 5.75 Å². The first-order chi connectivity index (χ1) is 9.25. The minimum atomic E-state index is -0.836. The van der Waals surface area contributed by atoms with Gasteiger partial charge in [0, 0.05) is 11.6 Å². The second kappa shape index (κ2) is 5.05. The molecule has 1 aromatic carbocycles. The maximum atomic E-state index is 10.7. The highest BCUT2D eigenvalue weighted by Crippen LogP contribution is 2.40. The van der Waals surface area contributed by atoms with Gasteiger partial charge in [-0.3, -0.25) is 9.36 Å². The van der Waals surface area contributed by atoms with E-state index in [0.29, 0.717) is 11.2 Å². The first-order valence-electron chi connectivity index (χ1n) is 6.10. The summed E-state index contributed by atoms with van der Waals surface area (Å²) in [6, 6.07) is 10.3. The van der Waals surface area contributed by atoms with Crippen molar-refractivity contribution in [3.63, 3.8) is 0 Å². The fraction of sp³-hybridized carbons (Fsp3) is 0.308. The van der Waals surface area contributed by atoms with E-state index in [-0.39, 0.29) is 5.75 Å². The zero-order valence-corrected chi connectivity index (χ0v) is 11.0. The molecule has 0 radical (unpaired) electrons. The van der Waals surface area contributed by atoms with E-state index in [1.54, 1.807) is 0 Å². The van der Waals surface area contributed by atoms with Gasteiger partial charge in [0.25, 0.3) is 0 Å². The van der Waals surface area contributed by atoms with Crippen LogP contribution in [-0.2, 0) is 4.79 Å². The Balaban J connectivity index is 1.94. The van der Waals surface area contributed by atoms with Crippen molar-refractivity contribution in [2.24, 2.45) is 0 Å². The summed E-state index contributed by atoms with van der Waals surface area (Å²) in [6.07, 6.45) is 2.22. The summed E-state index contributed by atoms with van der Waals surface area (Å²) in [5.41, 5.74) is 1.02. The molecule has 0 aliphatic heterocycles. The van der Waals surface area contributed by atoms with Crippen LogP contribution in [0.25, 0.3) is 11.4 Å². The number of hydrogen-bond donors (Lipinski definition) is 1. The SMILES string of the molecule is O=C(O)CSc1nnc(-c2ccccc2)n1C1CC1. The molecule has 3 rings (SSSR count). The van der Waals surface area contributed by atoms with Gasteiger partial charge in [-0.2, -0.15) is 0 Å². The van der Waals surface area contributed by atoms with E-state index in [1.165, 1.54) is 11.8 Å². The van der Waals surface area contributed by atoms with Crippen molar-refractivity contribution in [2.75, 3.05) is 5.75 Å². The fourth-order valence-corrected chi connectivity index (χ4v) is 2.67. The molecule has 1 aromatic heterocycles. The van der Waals surface area contributed by atoms with Crippen molar-refractivity contribution in [3.05, 3.63) is 30.3 Å². The quantitative estimate of drug-likeness (QED) is 0.849. The Bertz CT molecular complexity index is 593. The minimum absolute atomic E-state index is 0.0135. The van der Waals surface area contributed by atoms with E-state index in [9.17, 15) is 4.79 Å². The fourth-order valence-electron chi connectivity index (χ4n) is 1.95. The number of thioether (sulfide) groups is 1. The van der Waals surface area contributed by atoms with Crippen LogP contribution in [0.15, 0.2) is 35.5 Å². The zero-order valence-electron chi connectivity index (χ0n) is 10.2. The molecule has 0 atom stereocenters. The molecule has 98 valence electrons. The minimum Gasteiger partial charge on any atom is -0.481 e. The van der Waals surface area contributed by atoms with Crippen molar-refractivity contribution in [3.8, 4) is 11.4 Å². The molecular formula is C13H13N3O2S. The molecule has 19 heavy (non-hydrogen) atoms. The zero-order chi connectivity index (χ0) is 13.2. The average molecular weight is 275 g/mol. The third kappa shape index (κ3) is 2.63. The molecule has 1 fully saturated rings. The Morgan fingerprint density at radius 2 is 2.05 bits per heavy atom. The number of hydrogen-bond acceptors (Lipinski definition) is 4. The summed E-state index contributed by atoms with van der Waals surface area (Å²) in [6.45, 7) is 0. The topological polar surface area (TPSA) is 68.0 Å². The number of carbonyl (C=O) groups is 1. The van der Waals surface area contributed by atoms with Crippen LogP contribution in [0.3, 0.4) is 0 Å². The number of carboxylic acid groups (broad SMARTS) is 1. The molecule has 1 saturated carbocycles. The van der Waals surface area contributed by atoms with E-state index < -0.39 is 5.97 Å². The van der Waals surface area contributed by atoms with Crippen LogP contribution in [0.1, 0.15) is 18.9 Å². The summed E-state index contributed by atoms with van der Waals surface area (Å²) in [7, 11) is 0. The number of carboxylic acids is 1. The average Bonchev–Trinajstić information content (AvgIpc) is 3.17. The third-order valence-electron chi connectivity index (χ3n) is 2.93. The molecule has 0 bridgehead atoms. The van der Waals surface area contributed by atoms with E-state index in [2.05, 4.69) is 14.8 Å². The summed E-state index contributed by atoms with van der Waals surface area (Å²) in [5.74, 6) is 0.00668. The number of aliphatic carboxylic acids is 1. The van der Waals surface area contributed by atoms with Crippen LogP contribution in [0.2, 0.25) is 0 Å². The van der Waals surface area contributed by atoms with Crippen molar-refractivity contribution in [1.29, 1.82) is 0 Å². The van der Waals surface area contributed by atoms with Crippen molar-refractivity contribution < 1.29 is 9.90 Å². The summed E-state index contributed by atoms with van der Waals surface area (Å²) < 4.78 is 2.07. The molecule has 0 saturated heterocycles. The predicted molar refractivity (Wildman–Crippen MR) is 72.1 cm³/mol. The van der Waals surface area contributed by atoms with Crippen LogP contribution in [0.5, 0.6) is 0 Å². The Labute approximate surface area is 114 Å². The molecule has 2 aromatic rings. The first-order valence-corrected chi connectivity index (χ1v) is 7.09. The predicted octanol–water partition coefficient (Wildman–Crippen LogP) is 2.46. The van der Waals surface area contributed by atoms with Crippen LogP contribution < -0.4 is 0 Å². The van der Waals surface area contributed by atoms with Crippen molar-refractivity contribution in [1.82, 2.24) is 14.8 Å². The lowest BCUT2D eigenvalue weighted by Crippen LogP contribution is -2.03. The molecule has 6 heteroatoms. The number of benzene rings is 1. The molecule has 0 unspecified atom stereocenters. The second-order valence-electron chi connectivity index (χ2n) is 4.46. The smallest absolute Gasteiger partial charge is 0.313 e. The van der Waals surface area contributed by atoms with Gasteiger partial charge in [0.2, 0.25) is 0 Å². The highest BCUT2D eigenvalue weighted by molar-refractivity contribution is 7.99. The summed E-state index contributed by atoms with van der Waals surface area (Å²) in [4.78, 5) is 10.7. The highest BCUT2D eigenvalue weighted by atomic mass is 32.2. The van der Waals surface area contributed by atoms with Crippen LogP contribution in [0.4, 0.5) is 0 Å². The van der Waals surface area contributed by atoms with Crippen LogP contribution >= 0.6 is 11.8 Å². The standard InChI is InChI=1S/C13H13N3O2S/c17-11(18)8-19-13-15-14-12(16(13)10-6-7-10)9-4-2-1-3-5-9/h1-5,10H,6-8H2,(H,17,18). The van der Waals surface area contributed by atoms with Gasteiger partial charge < -0.3 is 5.11 Å². The number of aromatic nitrogens is 3. The van der Waals surface area contributed by atoms with E-state index in [1.807, 2.05) is 30.3 Å². The Hall–Kier alpha value is -1.82. The number of nitrogens with zero attached hydrogens (tertiary/aromatic N) is 3. The number of rotatable bonds is 5. The van der Waals surface area contributed by atoms with Gasteiger partial charge in [-0.1, -0.05) is 42.1 Å². The molecule has 1 heterocycles.